The summed E-state index contributed by atoms with van der Waals surface area (Å²) in [4.78, 5) is 14.7. The van der Waals surface area contributed by atoms with Crippen LogP contribution in [0.5, 0.6) is 5.75 Å². The van der Waals surface area contributed by atoms with Crippen LogP contribution < -0.4 is 10.1 Å². The predicted molar refractivity (Wildman–Crippen MR) is 107 cm³/mol. The Morgan fingerprint density at radius 3 is 2.70 bits per heavy atom. The van der Waals surface area contributed by atoms with Crippen molar-refractivity contribution in [3.8, 4) is 5.75 Å². The van der Waals surface area contributed by atoms with Gasteiger partial charge in [0, 0.05) is 25.8 Å². The van der Waals surface area contributed by atoms with Gasteiger partial charge in [-0.05, 0) is 62.4 Å². The first-order valence-corrected chi connectivity index (χ1v) is 11.1. The van der Waals surface area contributed by atoms with Gasteiger partial charge in [0.1, 0.15) is 5.75 Å². The van der Waals surface area contributed by atoms with Crippen molar-refractivity contribution in [1.29, 1.82) is 0 Å². The van der Waals surface area contributed by atoms with Gasteiger partial charge in [-0.3, -0.25) is 4.79 Å². The second-order valence-corrected chi connectivity index (χ2v) is 9.59. The third kappa shape index (κ3) is 5.36. The number of carbonyl (C=O) groups excluding carboxylic acids is 1. The fourth-order valence-corrected chi connectivity index (χ4v) is 4.49. The number of carbonyl (C=O) groups is 1. The van der Waals surface area contributed by atoms with Gasteiger partial charge in [0.05, 0.1) is 11.5 Å². The Morgan fingerprint density at radius 2 is 2.04 bits per heavy atom. The lowest BCUT2D eigenvalue weighted by Gasteiger charge is -2.25. The van der Waals surface area contributed by atoms with Gasteiger partial charge < -0.3 is 15.0 Å². The zero-order valence-electron chi connectivity index (χ0n) is 15.9. The highest BCUT2D eigenvalue weighted by atomic mass is 35.5. The van der Waals surface area contributed by atoms with Crippen molar-refractivity contribution in [3.05, 3.63) is 24.3 Å². The highest BCUT2D eigenvalue weighted by Crippen LogP contribution is 2.59. The maximum Gasteiger partial charge on any atom is 0.226 e. The standard InChI is InChI=1S/C19H28N2O4S.ClH/c1-21(18(22)17-14-19(17)7-9-20-10-8-19)11-4-12-25-15-5-3-6-16(13-15)26(2,23)24;/h3,5-6,13,17,20H,4,7-12,14H2,1-2H3;1H. The predicted octanol–water partition coefficient (Wildman–Crippen LogP) is 2.13. The molecule has 1 atom stereocenters. The number of hydrogen-bond acceptors (Lipinski definition) is 5. The zero-order valence-corrected chi connectivity index (χ0v) is 17.6. The molecule has 0 aromatic heterocycles. The van der Waals surface area contributed by atoms with Gasteiger partial charge in [-0.2, -0.15) is 0 Å². The summed E-state index contributed by atoms with van der Waals surface area (Å²) < 4.78 is 28.8. The average Bonchev–Trinajstić information content (AvgIpc) is 3.30. The van der Waals surface area contributed by atoms with Crippen molar-refractivity contribution >= 4 is 28.2 Å². The van der Waals surface area contributed by atoms with Gasteiger partial charge in [-0.1, -0.05) is 6.07 Å². The molecule has 0 radical (unpaired) electrons. The monoisotopic (exact) mass is 416 g/mol. The minimum Gasteiger partial charge on any atom is -0.493 e. The van der Waals surface area contributed by atoms with Gasteiger partial charge in [-0.25, -0.2) is 8.42 Å². The molecule has 1 aliphatic heterocycles. The fourth-order valence-electron chi connectivity index (χ4n) is 3.84. The van der Waals surface area contributed by atoms with Gasteiger partial charge in [0.15, 0.2) is 9.84 Å². The number of amides is 1. The molecule has 1 unspecified atom stereocenters. The SMILES string of the molecule is CN(CCCOc1cccc(S(C)(=O)=O)c1)C(=O)C1CC12CCNCC2.Cl. The minimum atomic E-state index is -3.23. The number of halogens is 1. The molecule has 1 heterocycles. The number of ether oxygens (including phenoxy) is 1. The molecule has 1 N–H and O–H groups in total. The van der Waals surface area contributed by atoms with Crippen LogP contribution in [0, 0.1) is 11.3 Å². The lowest BCUT2D eigenvalue weighted by Crippen LogP contribution is -2.35. The molecule has 152 valence electrons. The Labute approximate surface area is 168 Å². The van der Waals surface area contributed by atoms with Crippen molar-refractivity contribution in [2.45, 2.75) is 30.6 Å². The van der Waals surface area contributed by atoms with Crippen LogP contribution in [0.1, 0.15) is 25.7 Å². The largest absolute Gasteiger partial charge is 0.493 e. The second kappa shape index (κ2) is 8.80. The molecule has 8 heteroatoms. The van der Waals surface area contributed by atoms with E-state index in [2.05, 4.69) is 5.32 Å². The quantitative estimate of drug-likeness (QED) is 0.689. The molecule has 27 heavy (non-hydrogen) atoms. The molecule has 1 amide bonds. The van der Waals surface area contributed by atoms with Crippen molar-refractivity contribution in [2.75, 3.05) is 39.5 Å². The molecule has 1 spiro atoms. The van der Waals surface area contributed by atoms with E-state index >= 15 is 0 Å². The van der Waals surface area contributed by atoms with E-state index < -0.39 is 9.84 Å². The van der Waals surface area contributed by atoms with Gasteiger partial charge >= 0.3 is 0 Å². The van der Waals surface area contributed by atoms with Crippen LogP contribution in [0.3, 0.4) is 0 Å². The number of benzene rings is 1. The lowest BCUT2D eigenvalue weighted by molar-refractivity contribution is -0.132. The highest BCUT2D eigenvalue weighted by Gasteiger charge is 2.58. The third-order valence-electron chi connectivity index (χ3n) is 5.60. The number of nitrogens with one attached hydrogen (secondary N) is 1. The number of piperidine rings is 1. The van der Waals surface area contributed by atoms with E-state index in [4.69, 9.17) is 4.74 Å². The van der Waals surface area contributed by atoms with Crippen LogP contribution in [-0.2, 0) is 14.6 Å². The van der Waals surface area contributed by atoms with E-state index in [0.29, 0.717) is 25.3 Å². The molecule has 3 rings (SSSR count). The van der Waals surface area contributed by atoms with E-state index in [9.17, 15) is 13.2 Å². The van der Waals surface area contributed by atoms with E-state index in [1.165, 1.54) is 12.3 Å². The topological polar surface area (TPSA) is 75.7 Å². The molecule has 1 aliphatic carbocycles. The Bertz CT molecular complexity index is 763. The number of sulfone groups is 1. The lowest BCUT2D eigenvalue weighted by atomic mass is 9.91. The number of rotatable bonds is 7. The molecule has 2 aliphatic rings. The van der Waals surface area contributed by atoms with Crippen LogP contribution >= 0.6 is 12.4 Å². The fraction of sp³-hybridized carbons (Fsp3) is 0.632. The molecule has 1 aromatic rings. The Hall–Kier alpha value is -1.31. The van der Waals surface area contributed by atoms with Crippen LogP contribution in [0.15, 0.2) is 29.2 Å². The molecule has 1 saturated carbocycles. The first-order valence-electron chi connectivity index (χ1n) is 9.20. The smallest absolute Gasteiger partial charge is 0.226 e. The van der Waals surface area contributed by atoms with Crippen molar-refractivity contribution < 1.29 is 17.9 Å². The van der Waals surface area contributed by atoms with Crippen LogP contribution in [0.2, 0.25) is 0 Å². The summed E-state index contributed by atoms with van der Waals surface area (Å²) in [7, 11) is -1.37. The Kier molecular flexibility index (Phi) is 7.16. The van der Waals surface area contributed by atoms with Gasteiger partial charge in [-0.15, -0.1) is 12.4 Å². The van der Waals surface area contributed by atoms with E-state index in [1.54, 1.807) is 18.2 Å². The van der Waals surface area contributed by atoms with Gasteiger partial charge in [0.25, 0.3) is 0 Å². The van der Waals surface area contributed by atoms with Crippen molar-refractivity contribution in [1.82, 2.24) is 10.2 Å². The minimum absolute atomic E-state index is 0. The molecule has 0 bridgehead atoms. The third-order valence-corrected chi connectivity index (χ3v) is 6.71. The normalized spacial score (nSPS) is 20.6. The molecular weight excluding hydrogens is 388 g/mol. The first kappa shape index (κ1) is 22.0. The Morgan fingerprint density at radius 1 is 1.33 bits per heavy atom. The second-order valence-electron chi connectivity index (χ2n) is 7.58. The summed E-state index contributed by atoms with van der Waals surface area (Å²) in [6.07, 6.45) is 5.15. The van der Waals surface area contributed by atoms with Crippen molar-refractivity contribution in [3.63, 3.8) is 0 Å². The number of hydrogen-bond donors (Lipinski definition) is 1. The molecule has 1 aromatic carbocycles. The molecular formula is C19H29ClN2O4S. The highest BCUT2D eigenvalue weighted by molar-refractivity contribution is 7.90. The summed E-state index contributed by atoms with van der Waals surface area (Å²) in [6, 6.07) is 6.51. The summed E-state index contributed by atoms with van der Waals surface area (Å²) in [6.45, 7) is 3.14. The summed E-state index contributed by atoms with van der Waals surface area (Å²) in [5.41, 5.74) is 0.263. The molecule has 2 fully saturated rings. The average molecular weight is 417 g/mol. The zero-order chi connectivity index (χ0) is 18.8. The van der Waals surface area contributed by atoms with Gasteiger partial charge in [0.2, 0.25) is 5.91 Å². The summed E-state index contributed by atoms with van der Waals surface area (Å²) in [5, 5.41) is 3.36. The van der Waals surface area contributed by atoms with Crippen LogP contribution in [0.4, 0.5) is 0 Å². The molecule has 1 saturated heterocycles. The maximum atomic E-state index is 12.6. The van der Waals surface area contributed by atoms with Crippen molar-refractivity contribution in [2.24, 2.45) is 11.3 Å². The van der Waals surface area contributed by atoms with E-state index in [-0.39, 0.29) is 34.5 Å². The maximum absolute atomic E-state index is 12.6. The molecule has 6 nitrogen and oxygen atoms in total. The van der Waals surface area contributed by atoms with E-state index in [0.717, 1.165) is 32.4 Å². The summed E-state index contributed by atoms with van der Waals surface area (Å²) in [5.74, 6) is 0.991. The van der Waals surface area contributed by atoms with E-state index in [1.807, 2.05) is 11.9 Å². The first-order chi connectivity index (χ1) is 12.3. The number of nitrogens with zero attached hydrogens (tertiary/aromatic N) is 1. The van der Waals surface area contributed by atoms with Crippen LogP contribution in [0.25, 0.3) is 0 Å². The Balaban J connectivity index is 0.00000261. The summed E-state index contributed by atoms with van der Waals surface area (Å²) >= 11 is 0. The van der Waals surface area contributed by atoms with Crippen LogP contribution in [-0.4, -0.2) is 58.8 Å².